The molecule has 0 spiro atoms. The van der Waals surface area contributed by atoms with Gasteiger partial charge >= 0.3 is 0 Å². The monoisotopic (exact) mass is 308 g/mol. The third-order valence-electron chi connectivity index (χ3n) is 4.39. The fourth-order valence-corrected chi connectivity index (χ4v) is 2.67. The van der Waals surface area contributed by atoms with Gasteiger partial charge in [0.25, 0.3) is 0 Å². The topological polar surface area (TPSA) is 84.6 Å². The molecule has 1 aliphatic rings. The number of ether oxygens (including phenoxy) is 1. The van der Waals surface area contributed by atoms with Crippen LogP contribution in [0.2, 0.25) is 0 Å². The number of halogens is 1. The van der Waals surface area contributed by atoms with Crippen LogP contribution in [0.3, 0.4) is 0 Å². The van der Waals surface area contributed by atoms with E-state index in [1.54, 1.807) is 0 Å². The summed E-state index contributed by atoms with van der Waals surface area (Å²) in [5.74, 6) is 0.201. The number of carbonyl (C=O) groups excluding carboxylic acids is 1. The second-order valence-electron chi connectivity index (χ2n) is 5.45. The first-order valence-electron chi connectivity index (χ1n) is 7.33. The van der Waals surface area contributed by atoms with Crippen molar-refractivity contribution in [2.24, 2.45) is 17.1 Å². The van der Waals surface area contributed by atoms with Gasteiger partial charge in [0.15, 0.2) is 0 Å². The first-order valence-corrected chi connectivity index (χ1v) is 7.33. The summed E-state index contributed by atoms with van der Waals surface area (Å²) < 4.78 is 5.29. The molecule has 1 atom stereocenters. The van der Waals surface area contributed by atoms with E-state index in [2.05, 4.69) is 19.2 Å². The number of aliphatic hydroxyl groups is 1. The molecule has 6 heteroatoms. The minimum absolute atomic E-state index is 0. The molecule has 0 bridgehead atoms. The summed E-state index contributed by atoms with van der Waals surface area (Å²) >= 11 is 0. The third-order valence-corrected chi connectivity index (χ3v) is 4.39. The molecule has 1 unspecified atom stereocenters. The lowest BCUT2D eigenvalue weighted by Crippen LogP contribution is -2.51. The van der Waals surface area contributed by atoms with Gasteiger partial charge in [0, 0.05) is 26.3 Å². The quantitative estimate of drug-likeness (QED) is 0.657. The van der Waals surface area contributed by atoms with Crippen LogP contribution in [0, 0.1) is 11.3 Å². The van der Waals surface area contributed by atoms with Crippen LogP contribution in [0.1, 0.15) is 39.5 Å². The fraction of sp³-hybridized carbons (Fsp3) is 0.929. The molecule has 0 aliphatic carbocycles. The second-order valence-corrected chi connectivity index (χ2v) is 5.45. The van der Waals surface area contributed by atoms with Gasteiger partial charge < -0.3 is 20.9 Å². The Bertz CT molecular complexity index is 280. The third kappa shape index (κ3) is 4.88. The predicted molar refractivity (Wildman–Crippen MR) is 81.9 cm³/mol. The molecule has 4 N–H and O–H groups in total. The Hall–Kier alpha value is -0.360. The SMILES string of the molecule is CCC(CC)C(O)CNC(=O)C1(CN)CCOCC1.Cl. The van der Waals surface area contributed by atoms with Crippen molar-refractivity contribution in [2.75, 3.05) is 26.3 Å². The fourth-order valence-electron chi connectivity index (χ4n) is 2.67. The summed E-state index contributed by atoms with van der Waals surface area (Å²) in [5.41, 5.74) is 5.27. The summed E-state index contributed by atoms with van der Waals surface area (Å²) in [6.45, 7) is 5.93. The lowest BCUT2D eigenvalue weighted by atomic mass is 9.79. The molecule has 20 heavy (non-hydrogen) atoms. The van der Waals surface area contributed by atoms with Crippen LogP contribution in [0.15, 0.2) is 0 Å². The molecule has 1 heterocycles. The largest absolute Gasteiger partial charge is 0.391 e. The number of rotatable bonds is 7. The standard InChI is InChI=1S/C14H28N2O3.ClH/c1-3-11(4-2)12(17)9-16-13(18)14(10-15)5-7-19-8-6-14;/h11-12,17H,3-10,15H2,1-2H3,(H,16,18);1H. The van der Waals surface area contributed by atoms with E-state index in [1.165, 1.54) is 0 Å². The summed E-state index contributed by atoms with van der Waals surface area (Å²) in [5, 5.41) is 12.9. The van der Waals surface area contributed by atoms with Crippen LogP contribution in [0.25, 0.3) is 0 Å². The molecule has 0 aromatic carbocycles. The smallest absolute Gasteiger partial charge is 0.227 e. The lowest BCUT2D eigenvalue weighted by molar-refractivity contribution is -0.136. The molecule has 120 valence electrons. The highest BCUT2D eigenvalue weighted by Crippen LogP contribution is 2.29. The van der Waals surface area contributed by atoms with Gasteiger partial charge in [-0.05, 0) is 18.8 Å². The molecule has 5 nitrogen and oxygen atoms in total. The maximum atomic E-state index is 12.3. The zero-order valence-corrected chi connectivity index (χ0v) is 13.4. The van der Waals surface area contributed by atoms with Crippen molar-refractivity contribution >= 4 is 18.3 Å². The van der Waals surface area contributed by atoms with E-state index in [-0.39, 0.29) is 24.2 Å². The highest BCUT2D eigenvalue weighted by atomic mass is 35.5. The molecule has 0 saturated carbocycles. The van der Waals surface area contributed by atoms with Crippen LogP contribution >= 0.6 is 12.4 Å². The minimum Gasteiger partial charge on any atom is -0.391 e. The van der Waals surface area contributed by atoms with Crippen LogP contribution in [0.4, 0.5) is 0 Å². The van der Waals surface area contributed by atoms with E-state index in [9.17, 15) is 9.90 Å². The Balaban J connectivity index is 0.00000361. The van der Waals surface area contributed by atoms with E-state index >= 15 is 0 Å². The molecule has 1 fully saturated rings. The summed E-state index contributed by atoms with van der Waals surface area (Å²) in [4.78, 5) is 12.3. The van der Waals surface area contributed by atoms with Crippen molar-refractivity contribution in [1.29, 1.82) is 0 Å². The Kier molecular flexibility index (Phi) is 9.38. The molecule has 1 saturated heterocycles. The summed E-state index contributed by atoms with van der Waals surface area (Å²) in [7, 11) is 0. The lowest BCUT2D eigenvalue weighted by Gasteiger charge is -2.35. The van der Waals surface area contributed by atoms with Gasteiger partial charge in [0.2, 0.25) is 5.91 Å². The average Bonchev–Trinajstić information content (AvgIpc) is 2.46. The van der Waals surface area contributed by atoms with Crippen molar-refractivity contribution in [3.63, 3.8) is 0 Å². The molecule has 1 aliphatic heterocycles. The minimum atomic E-state index is -0.508. The molecule has 0 radical (unpaired) electrons. The predicted octanol–water partition coefficient (Wildman–Crippen LogP) is 1.08. The van der Waals surface area contributed by atoms with Gasteiger partial charge in [-0.2, -0.15) is 0 Å². The molecular formula is C14H29ClN2O3. The molecule has 0 aromatic heterocycles. The summed E-state index contributed by atoms with van der Waals surface area (Å²) in [6, 6.07) is 0. The van der Waals surface area contributed by atoms with Crippen LogP contribution in [0.5, 0.6) is 0 Å². The molecule has 1 rings (SSSR count). The van der Waals surface area contributed by atoms with Gasteiger partial charge in [-0.1, -0.05) is 26.7 Å². The van der Waals surface area contributed by atoms with Crippen molar-refractivity contribution in [2.45, 2.75) is 45.6 Å². The number of nitrogens with one attached hydrogen (secondary N) is 1. The van der Waals surface area contributed by atoms with Crippen LogP contribution in [-0.4, -0.2) is 43.4 Å². The Morgan fingerprint density at radius 2 is 1.90 bits per heavy atom. The Morgan fingerprint density at radius 1 is 1.35 bits per heavy atom. The highest BCUT2D eigenvalue weighted by molar-refractivity contribution is 5.85. The van der Waals surface area contributed by atoms with Crippen molar-refractivity contribution in [3.05, 3.63) is 0 Å². The van der Waals surface area contributed by atoms with Crippen molar-refractivity contribution in [1.82, 2.24) is 5.32 Å². The Labute approximate surface area is 128 Å². The van der Waals surface area contributed by atoms with Gasteiger partial charge in [-0.25, -0.2) is 0 Å². The number of hydrogen-bond acceptors (Lipinski definition) is 4. The van der Waals surface area contributed by atoms with E-state index < -0.39 is 11.5 Å². The zero-order chi connectivity index (χ0) is 14.3. The van der Waals surface area contributed by atoms with Crippen molar-refractivity contribution in [3.8, 4) is 0 Å². The molecule has 1 amide bonds. The van der Waals surface area contributed by atoms with E-state index in [0.717, 1.165) is 12.8 Å². The van der Waals surface area contributed by atoms with E-state index in [1.807, 2.05) is 0 Å². The number of amides is 1. The normalized spacial score (nSPS) is 19.2. The van der Waals surface area contributed by atoms with E-state index in [0.29, 0.717) is 39.1 Å². The van der Waals surface area contributed by atoms with Crippen LogP contribution in [-0.2, 0) is 9.53 Å². The van der Waals surface area contributed by atoms with Crippen LogP contribution < -0.4 is 11.1 Å². The zero-order valence-electron chi connectivity index (χ0n) is 12.6. The van der Waals surface area contributed by atoms with Gasteiger partial charge in [0.1, 0.15) is 0 Å². The number of nitrogens with two attached hydrogens (primary N) is 1. The number of aliphatic hydroxyl groups excluding tert-OH is 1. The molecular weight excluding hydrogens is 280 g/mol. The summed E-state index contributed by atoms with van der Waals surface area (Å²) in [6.07, 6.45) is 2.69. The van der Waals surface area contributed by atoms with Gasteiger partial charge in [-0.3, -0.25) is 4.79 Å². The average molecular weight is 309 g/mol. The molecule has 0 aromatic rings. The Morgan fingerprint density at radius 3 is 2.35 bits per heavy atom. The highest BCUT2D eigenvalue weighted by Gasteiger charge is 2.38. The number of hydrogen-bond donors (Lipinski definition) is 3. The van der Waals surface area contributed by atoms with Crippen molar-refractivity contribution < 1.29 is 14.6 Å². The maximum absolute atomic E-state index is 12.3. The first kappa shape index (κ1) is 19.6. The second kappa shape index (κ2) is 9.55. The maximum Gasteiger partial charge on any atom is 0.227 e. The van der Waals surface area contributed by atoms with Gasteiger partial charge in [0.05, 0.1) is 11.5 Å². The first-order chi connectivity index (χ1) is 9.09. The van der Waals surface area contributed by atoms with Gasteiger partial charge in [-0.15, -0.1) is 12.4 Å². The van der Waals surface area contributed by atoms with E-state index in [4.69, 9.17) is 10.5 Å². The number of carbonyl (C=O) groups is 1.